The van der Waals surface area contributed by atoms with Crippen LogP contribution in [0, 0.1) is 5.92 Å². The number of ketones is 1. The first kappa shape index (κ1) is 34.1. The second-order valence-corrected chi connectivity index (χ2v) is 8.47. The molecule has 13 heteroatoms. The van der Waals surface area contributed by atoms with E-state index >= 15 is 0 Å². The number of ether oxygens (including phenoxy) is 2. The van der Waals surface area contributed by atoms with Crippen LogP contribution >= 0.6 is 0 Å². The van der Waals surface area contributed by atoms with Crippen LogP contribution in [0.3, 0.4) is 0 Å². The van der Waals surface area contributed by atoms with Crippen molar-refractivity contribution in [3.63, 3.8) is 0 Å². The Balaban J connectivity index is 0.00000101. The minimum absolute atomic E-state index is 0.0540. The van der Waals surface area contributed by atoms with Gasteiger partial charge in [-0.2, -0.15) is 13.2 Å². The van der Waals surface area contributed by atoms with Crippen molar-refractivity contribution in [2.45, 2.75) is 51.1 Å². The molecule has 0 aliphatic heterocycles. The molecule has 0 fully saturated rings. The maximum absolute atomic E-state index is 13.2. The monoisotopic (exact) mass is 569 g/mol. The molecule has 0 bridgehead atoms. The number of nitrogens with one attached hydrogen (secondary N) is 1. The molecule has 0 saturated heterocycles. The highest BCUT2D eigenvalue weighted by molar-refractivity contribution is 6.02. The van der Waals surface area contributed by atoms with Gasteiger partial charge < -0.3 is 31.4 Å². The summed E-state index contributed by atoms with van der Waals surface area (Å²) < 4.78 is 42.4. The Kier molecular flexibility index (Phi) is 15.6. The molecule has 0 aliphatic rings. The number of esters is 1. The SMILES string of the molecule is NCCCCC(NC(=O)OCc1ccccc1)C(=O)C(CCN)C(=O)OCc1ccccc1.O=C(O)C(F)(F)F. The largest absolute Gasteiger partial charge is 0.490 e. The third kappa shape index (κ3) is 13.7. The van der Waals surface area contributed by atoms with E-state index < -0.39 is 42.0 Å². The van der Waals surface area contributed by atoms with Crippen molar-refractivity contribution < 1.29 is 46.9 Å². The van der Waals surface area contributed by atoms with E-state index in [4.69, 9.17) is 30.8 Å². The summed E-state index contributed by atoms with van der Waals surface area (Å²) in [4.78, 5) is 47.2. The van der Waals surface area contributed by atoms with Crippen molar-refractivity contribution in [1.82, 2.24) is 5.32 Å². The lowest BCUT2D eigenvalue weighted by atomic mass is 9.92. The van der Waals surface area contributed by atoms with E-state index in [1.165, 1.54) is 0 Å². The summed E-state index contributed by atoms with van der Waals surface area (Å²) in [6.45, 7) is 0.718. The van der Waals surface area contributed by atoms with Crippen LogP contribution in [-0.2, 0) is 37.1 Å². The van der Waals surface area contributed by atoms with Gasteiger partial charge in [-0.15, -0.1) is 0 Å². The highest BCUT2D eigenvalue weighted by atomic mass is 19.4. The number of nitrogens with two attached hydrogens (primary N) is 2. The van der Waals surface area contributed by atoms with Crippen LogP contribution in [0.25, 0.3) is 0 Å². The number of amides is 1. The Morgan fingerprint density at radius 1 is 0.800 bits per heavy atom. The van der Waals surface area contributed by atoms with Crippen LogP contribution in [0.5, 0.6) is 0 Å². The zero-order chi connectivity index (χ0) is 30.0. The maximum Gasteiger partial charge on any atom is 0.490 e. The fourth-order valence-corrected chi connectivity index (χ4v) is 3.30. The third-order valence-corrected chi connectivity index (χ3v) is 5.34. The number of carboxylic acid groups (broad SMARTS) is 1. The molecule has 0 spiro atoms. The summed E-state index contributed by atoms with van der Waals surface area (Å²) in [5.74, 6) is -4.92. The van der Waals surface area contributed by atoms with E-state index in [0.717, 1.165) is 11.1 Å². The van der Waals surface area contributed by atoms with Crippen LogP contribution in [0.4, 0.5) is 18.0 Å². The van der Waals surface area contributed by atoms with Gasteiger partial charge in [0.05, 0.1) is 6.04 Å². The van der Waals surface area contributed by atoms with Gasteiger partial charge in [0.1, 0.15) is 19.1 Å². The van der Waals surface area contributed by atoms with E-state index in [9.17, 15) is 27.6 Å². The molecule has 0 aliphatic carbocycles. The molecular formula is C27H34F3N3O7. The van der Waals surface area contributed by atoms with Crippen molar-refractivity contribution in [1.29, 1.82) is 0 Å². The lowest BCUT2D eigenvalue weighted by Gasteiger charge is -2.22. The number of carbonyl (C=O) groups excluding carboxylic acids is 3. The van der Waals surface area contributed by atoms with Gasteiger partial charge in [0, 0.05) is 0 Å². The topological polar surface area (TPSA) is 171 Å². The lowest BCUT2D eigenvalue weighted by molar-refractivity contribution is -0.192. The number of alkyl carbamates (subject to hydrolysis) is 1. The van der Waals surface area contributed by atoms with Crippen LogP contribution in [0.2, 0.25) is 0 Å². The summed E-state index contributed by atoms with van der Waals surface area (Å²) in [5.41, 5.74) is 12.9. The Morgan fingerprint density at radius 3 is 1.75 bits per heavy atom. The average molecular weight is 570 g/mol. The molecule has 2 rings (SSSR count). The van der Waals surface area contributed by atoms with Gasteiger partial charge in [0.2, 0.25) is 0 Å². The lowest BCUT2D eigenvalue weighted by Crippen LogP contribution is -2.46. The number of carbonyl (C=O) groups is 4. The van der Waals surface area contributed by atoms with Crippen LogP contribution in [0.15, 0.2) is 60.7 Å². The Hall–Kier alpha value is -3.97. The van der Waals surface area contributed by atoms with E-state index in [1.54, 1.807) is 0 Å². The number of halogens is 3. The summed E-state index contributed by atoms with van der Waals surface area (Å²) in [7, 11) is 0. The molecule has 0 heterocycles. The van der Waals surface area contributed by atoms with Crippen molar-refractivity contribution in [3.8, 4) is 0 Å². The Morgan fingerprint density at radius 2 is 1.30 bits per heavy atom. The van der Waals surface area contributed by atoms with Crippen molar-refractivity contribution >= 4 is 23.8 Å². The zero-order valence-corrected chi connectivity index (χ0v) is 21.8. The number of rotatable bonds is 14. The fraction of sp³-hybridized carbons (Fsp3) is 0.407. The van der Waals surface area contributed by atoms with Crippen molar-refractivity contribution in [2.75, 3.05) is 13.1 Å². The van der Waals surface area contributed by atoms with E-state index in [-0.39, 0.29) is 26.2 Å². The molecule has 40 heavy (non-hydrogen) atoms. The Labute approximate surface area is 229 Å². The first-order chi connectivity index (χ1) is 19.0. The predicted octanol–water partition coefficient (Wildman–Crippen LogP) is 3.32. The summed E-state index contributed by atoms with van der Waals surface area (Å²) in [5, 5.41) is 9.74. The number of benzene rings is 2. The second-order valence-electron chi connectivity index (χ2n) is 8.47. The molecule has 2 atom stereocenters. The van der Waals surface area contributed by atoms with Crippen molar-refractivity contribution in [3.05, 3.63) is 71.8 Å². The van der Waals surface area contributed by atoms with E-state index in [2.05, 4.69) is 5.32 Å². The van der Waals surface area contributed by atoms with Crippen LogP contribution in [0.1, 0.15) is 36.8 Å². The van der Waals surface area contributed by atoms with Crippen LogP contribution < -0.4 is 16.8 Å². The highest BCUT2D eigenvalue weighted by Gasteiger charge is 2.38. The molecule has 2 unspecified atom stereocenters. The summed E-state index contributed by atoms with van der Waals surface area (Å²) in [6, 6.07) is 17.5. The number of alkyl halides is 3. The first-order valence-corrected chi connectivity index (χ1v) is 12.4. The number of hydrogen-bond donors (Lipinski definition) is 4. The molecule has 0 aromatic heterocycles. The van der Waals surface area contributed by atoms with Gasteiger partial charge in [-0.25, -0.2) is 9.59 Å². The normalized spacial score (nSPS) is 12.2. The van der Waals surface area contributed by atoms with Gasteiger partial charge in [-0.3, -0.25) is 9.59 Å². The number of Topliss-reactive ketones (excluding diaryl/α,β-unsaturated/α-hetero) is 1. The Bertz CT molecular complexity index is 1050. The highest BCUT2D eigenvalue weighted by Crippen LogP contribution is 2.16. The molecule has 2 aromatic rings. The third-order valence-electron chi connectivity index (χ3n) is 5.34. The molecule has 2 aromatic carbocycles. The molecular weight excluding hydrogens is 535 g/mol. The minimum atomic E-state index is -5.08. The zero-order valence-electron chi connectivity index (χ0n) is 21.8. The smallest absolute Gasteiger partial charge is 0.475 e. The van der Waals surface area contributed by atoms with Gasteiger partial charge in [0.15, 0.2) is 5.78 Å². The molecule has 10 nitrogen and oxygen atoms in total. The maximum atomic E-state index is 13.2. The summed E-state index contributed by atoms with van der Waals surface area (Å²) >= 11 is 0. The summed E-state index contributed by atoms with van der Waals surface area (Å²) in [6.07, 6.45) is -4.05. The number of hydrogen-bond acceptors (Lipinski definition) is 8. The van der Waals surface area contributed by atoms with E-state index in [1.807, 2.05) is 60.7 Å². The van der Waals surface area contributed by atoms with Crippen molar-refractivity contribution in [2.24, 2.45) is 17.4 Å². The standard InChI is InChI=1S/C25H33N3O5.C2HF3O2/c26-15-8-7-13-22(28-25(31)33-18-20-11-5-2-6-12-20)23(29)21(14-16-27)24(30)32-17-19-9-3-1-4-10-19;3-2(4,5)1(6)7/h1-6,9-12,21-22H,7-8,13-18,26-27H2,(H,28,31);(H,6,7). The quantitative estimate of drug-likeness (QED) is 0.151. The second kappa shape index (κ2) is 18.3. The molecule has 1 amide bonds. The predicted molar refractivity (Wildman–Crippen MR) is 139 cm³/mol. The van der Waals surface area contributed by atoms with Crippen LogP contribution in [-0.4, -0.2) is 54.2 Å². The molecule has 0 radical (unpaired) electrons. The van der Waals surface area contributed by atoms with Gasteiger partial charge in [0.25, 0.3) is 0 Å². The first-order valence-electron chi connectivity index (χ1n) is 12.4. The number of aliphatic carboxylic acids is 1. The molecule has 6 N–H and O–H groups in total. The number of unbranched alkanes of at least 4 members (excludes halogenated alkanes) is 1. The van der Waals surface area contributed by atoms with Gasteiger partial charge >= 0.3 is 24.2 Å². The average Bonchev–Trinajstić information content (AvgIpc) is 2.93. The molecule has 0 saturated carbocycles. The van der Waals surface area contributed by atoms with E-state index in [0.29, 0.717) is 25.8 Å². The van der Waals surface area contributed by atoms with Gasteiger partial charge in [-0.05, 0) is 49.9 Å². The minimum Gasteiger partial charge on any atom is -0.475 e. The molecule has 220 valence electrons. The van der Waals surface area contributed by atoms with Gasteiger partial charge in [-0.1, -0.05) is 60.7 Å². The fourth-order valence-electron chi connectivity index (χ4n) is 3.30. The number of carboxylic acids is 1.